The van der Waals surface area contributed by atoms with Crippen LogP contribution < -0.4 is 0 Å². The number of halogens is 1. The minimum absolute atomic E-state index is 0.0488. The number of nitrogens with zero attached hydrogens (tertiary/aromatic N) is 4. The van der Waals surface area contributed by atoms with Crippen molar-refractivity contribution in [2.45, 2.75) is 6.54 Å². The van der Waals surface area contributed by atoms with Crippen LogP contribution in [0.4, 0.5) is 10.1 Å². The molecule has 0 aliphatic heterocycles. The average molecular weight is 380 g/mol. The number of amides is 1. The Morgan fingerprint density at radius 1 is 1.25 bits per heavy atom. The van der Waals surface area contributed by atoms with Crippen LogP contribution in [-0.2, 0) is 6.54 Å². The van der Waals surface area contributed by atoms with Crippen LogP contribution in [0.2, 0.25) is 0 Å². The van der Waals surface area contributed by atoms with Gasteiger partial charge in [-0.05, 0) is 23.8 Å². The smallest absolute Gasteiger partial charge is 0.274 e. The first-order valence-corrected chi connectivity index (χ1v) is 8.43. The summed E-state index contributed by atoms with van der Waals surface area (Å²) in [6, 6.07) is 13.7. The van der Waals surface area contributed by atoms with Gasteiger partial charge in [-0.3, -0.25) is 14.9 Å². The predicted molar refractivity (Wildman–Crippen MR) is 102 cm³/mol. The molecule has 142 valence electrons. The second-order valence-electron chi connectivity index (χ2n) is 6.00. The molecule has 0 N–H and O–H groups in total. The summed E-state index contributed by atoms with van der Waals surface area (Å²) >= 11 is 0. The van der Waals surface area contributed by atoms with E-state index in [9.17, 15) is 19.3 Å². The van der Waals surface area contributed by atoms with Gasteiger partial charge in [0.2, 0.25) is 0 Å². The molecule has 1 heterocycles. The maximum atomic E-state index is 13.9. The molecule has 0 fully saturated rings. The largest absolute Gasteiger partial charge is 0.329 e. The standard InChI is InChI=1S/C20H17FN4O3/c1-2-11-23(14-15-6-5-7-16(13-15)25(27)28)20(26)18-10-12-24(22-18)19-9-4-3-8-17(19)21/h2-10,12-13H,1,11,14H2. The molecule has 1 aromatic heterocycles. The molecule has 1 amide bonds. The van der Waals surface area contributed by atoms with Gasteiger partial charge in [0.1, 0.15) is 11.5 Å². The SMILES string of the molecule is C=CCN(Cc1cccc([N+](=O)[O-])c1)C(=O)c1ccn(-c2ccccc2F)n1. The highest BCUT2D eigenvalue weighted by Gasteiger charge is 2.19. The molecule has 0 saturated carbocycles. The number of hydrogen-bond donors (Lipinski definition) is 0. The molecule has 7 nitrogen and oxygen atoms in total. The van der Waals surface area contributed by atoms with Crippen molar-refractivity contribution in [2.75, 3.05) is 6.54 Å². The number of carbonyl (C=O) groups is 1. The van der Waals surface area contributed by atoms with Crippen molar-refractivity contribution in [3.63, 3.8) is 0 Å². The van der Waals surface area contributed by atoms with E-state index in [1.807, 2.05) is 0 Å². The molecule has 0 aliphatic carbocycles. The van der Waals surface area contributed by atoms with E-state index in [0.717, 1.165) is 0 Å². The molecular formula is C20H17FN4O3. The third-order valence-corrected chi connectivity index (χ3v) is 4.04. The van der Waals surface area contributed by atoms with Gasteiger partial charge in [0, 0.05) is 31.4 Å². The number of carbonyl (C=O) groups excluding carboxylic acids is 1. The lowest BCUT2D eigenvalue weighted by Gasteiger charge is -2.20. The number of nitro benzene ring substituents is 1. The molecular weight excluding hydrogens is 363 g/mol. The van der Waals surface area contributed by atoms with Gasteiger partial charge in [0.25, 0.3) is 11.6 Å². The minimum atomic E-state index is -0.487. The number of hydrogen-bond acceptors (Lipinski definition) is 4. The Morgan fingerprint density at radius 2 is 2.04 bits per heavy atom. The highest BCUT2D eigenvalue weighted by atomic mass is 19.1. The summed E-state index contributed by atoms with van der Waals surface area (Å²) in [6.45, 7) is 4.03. The Labute approximate surface area is 160 Å². The molecule has 28 heavy (non-hydrogen) atoms. The van der Waals surface area contributed by atoms with Crippen molar-refractivity contribution in [3.8, 4) is 5.69 Å². The molecule has 0 atom stereocenters. The molecule has 3 aromatic rings. The van der Waals surface area contributed by atoms with E-state index in [1.165, 1.54) is 40.0 Å². The highest BCUT2D eigenvalue weighted by Crippen LogP contribution is 2.17. The zero-order valence-corrected chi connectivity index (χ0v) is 14.9. The normalized spacial score (nSPS) is 10.5. The molecule has 2 aromatic carbocycles. The summed E-state index contributed by atoms with van der Waals surface area (Å²) in [4.78, 5) is 24.8. The van der Waals surface area contributed by atoms with Crippen LogP contribution in [-0.4, -0.2) is 32.1 Å². The summed E-state index contributed by atoms with van der Waals surface area (Å²) in [5, 5.41) is 15.1. The number of rotatable bonds is 7. The van der Waals surface area contributed by atoms with E-state index in [2.05, 4.69) is 11.7 Å². The number of nitro groups is 1. The lowest BCUT2D eigenvalue weighted by Crippen LogP contribution is -2.31. The fraction of sp³-hybridized carbons (Fsp3) is 0.100. The van der Waals surface area contributed by atoms with Crippen LogP contribution in [0, 0.1) is 15.9 Å². The number of aromatic nitrogens is 2. The Bertz CT molecular complexity index is 1030. The third kappa shape index (κ3) is 4.12. The van der Waals surface area contributed by atoms with Gasteiger partial charge in [0.05, 0.1) is 4.92 Å². The van der Waals surface area contributed by atoms with Crippen molar-refractivity contribution >= 4 is 11.6 Å². The Balaban J connectivity index is 1.84. The maximum absolute atomic E-state index is 13.9. The van der Waals surface area contributed by atoms with Crippen LogP contribution in [0.3, 0.4) is 0 Å². The van der Waals surface area contributed by atoms with E-state index in [0.29, 0.717) is 5.56 Å². The highest BCUT2D eigenvalue weighted by molar-refractivity contribution is 5.92. The second kappa shape index (κ2) is 8.26. The van der Waals surface area contributed by atoms with Gasteiger partial charge in [-0.2, -0.15) is 5.10 Å². The first-order valence-electron chi connectivity index (χ1n) is 8.43. The van der Waals surface area contributed by atoms with Crippen molar-refractivity contribution in [1.82, 2.24) is 14.7 Å². The monoisotopic (exact) mass is 380 g/mol. The Kier molecular flexibility index (Phi) is 5.59. The van der Waals surface area contributed by atoms with Gasteiger partial charge >= 0.3 is 0 Å². The van der Waals surface area contributed by atoms with Crippen LogP contribution in [0.15, 0.2) is 73.4 Å². The zero-order chi connectivity index (χ0) is 20.1. The van der Waals surface area contributed by atoms with Gasteiger partial charge in [0.15, 0.2) is 5.69 Å². The molecule has 0 radical (unpaired) electrons. The predicted octanol–water partition coefficient (Wildman–Crippen LogP) is 3.75. The first kappa shape index (κ1) is 19.0. The molecule has 0 unspecified atom stereocenters. The minimum Gasteiger partial charge on any atom is -0.329 e. The maximum Gasteiger partial charge on any atom is 0.274 e. The topological polar surface area (TPSA) is 81.3 Å². The van der Waals surface area contributed by atoms with Gasteiger partial charge < -0.3 is 4.90 Å². The summed E-state index contributed by atoms with van der Waals surface area (Å²) < 4.78 is 15.2. The van der Waals surface area contributed by atoms with Gasteiger partial charge in [-0.15, -0.1) is 6.58 Å². The molecule has 0 saturated heterocycles. The molecule has 0 bridgehead atoms. The summed E-state index contributed by atoms with van der Waals surface area (Å²) in [5.41, 5.74) is 0.927. The lowest BCUT2D eigenvalue weighted by atomic mass is 10.2. The molecule has 8 heteroatoms. The fourth-order valence-corrected chi connectivity index (χ4v) is 2.74. The summed E-state index contributed by atoms with van der Waals surface area (Å²) in [7, 11) is 0. The van der Waals surface area contributed by atoms with Crippen LogP contribution >= 0.6 is 0 Å². The summed E-state index contributed by atoms with van der Waals surface area (Å²) in [6.07, 6.45) is 3.06. The number of para-hydroxylation sites is 1. The van der Waals surface area contributed by atoms with E-state index in [-0.39, 0.29) is 36.1 Å². The van der Waals surface area contributed by atoms with Crippen LogP contribution in [0.25, 0.3) is 5.69 Å². The van der Waals surface area contributed by atoms with Crippen molar-refractivity contribution in [2.24, 2.45) is 0 Å². The zero-order valence-electron chi connectivity index (χ0n) is 14.9. The van der Waals surface area contributed by atoms with Crippen LogP contribution in [0.5, 0.6) is 0 Å². The van der Waals surface area contributed by atoms with Crippen molar-refractivity contribution in [1.29, 1.82) is 0 Å². The molecule has 0 spiro atoms. The van der Waals surface area contributed by atoms with E-state index >= 15 is 0 Å². The van der Waals surface area contributed by atoms with E-state index < -0.39 is 10.7 Å². The van der Waals surface area contributed by atoms with Crippen molar-refractivity contribution < 1.29 is 14.1 Å². The van der Waals surface area contributed by atoms with Crippen LogP contribution in [0.1, 0.15) is 16.1 Å². The van der Waals surface area contributed by atoms with Crippen molar-refractivity contribution in [3.05, 3.63) is 101 Å². The lowest BCUT2D eigenvalue weighted by molar-refractivity contribution is -0.384. The summed E-state index contributed by atoms with van der Waals surface area (Å²) in [5.74, 6) is -0.842. The quantitative estimate of drug-likeness (QED) is 0.355. The molecule has 0 aliphatic rings. The fourth-order valence-electron chi connectivity index (χ4n) is 2.74. The van der Waals surface area contributed by atoms with E-state index in [4.69, 9.17) is 0 Å². The molecule has 3 rings (SSSR count). The first-order chi connectivity index (χ1) is 13.5. The van der Waals surface area contributed by atoms with Gasteiger partial charge in [-0.1, -0.05) is 30.3 Å². The Hall–Kier alpha value is -3.81. The second-order valence-corrected chi connectivity index (χ2v) is 6.00. The Morgan fingerprint density at radius 3 is 2.75 bits per heavy atom. The average Bonchev–Trinajstić information content (AvgIpc) is 3.17. The third-order valence-electron chi connectivity index (χ3n) is 4.04. The number of non-ortho nitro benzene ring substituents is 1. The van der Waals surface area contributed by atoms with E-state index in [1.54, 1.807) is 36.4 Å². The number of benzene rings is 2. The van der Waals surface area contributed by atoms with Gasteiger partial charge in [-0.25, -0.2) is 9.07 Å².